The lowest BCUT2D eigenvalue weighted by atomic mass is 9.91. The first-order chi connectivity index (χ1) is 9.33. The first-order valence-electron chi connectivity index (χ1n) is 7.42. The third kappa shape index (κ3) is 3.97. The molecule has 2 N–H and O–H groups in total. The Labute approximate surface area is 126 Å². The van der Waals surface area contributed by atoms with E-state index in [1.54, 1.807) is 0 Å². The predicted octanol–water partition coefficient (Wildman–Crippen LogP) is 2.72. The van der Waals surface area contributed by atoms with Crippen LogP contribution in [0.15, 0.2) is 24.3 Å². The van der Waals surface area contributed by atoms with Gasteiger partial charge in [0.25, 0.3) is 5.91 Å². The van der Waals surface area contributed by atoms with Crippen molar-refractivity contribution >= 4 is 18.3 Å². The Morgan fingerprint density at radius 3 is 2.55 bits per heavy atom. The molecule has 4 heteroatoms. The maximum Gasteiger partial charge on any atom is 0.251 e. The van der Waals surface area contributed by atoms with Gasteiger partial charge in [-0.2, -0.15) is 0 Å². The summed E-state index contributed by atoms with van der Waals surface area (Å²) in [4.78, 5) is 11.9. The fourth-order valence-electron chi connectivity index (χ4n) is 2.70. The van der Waals surface area contributed by atoms with E-state index in [0.717, 1.165) is 31.1 Å². The van der Waals surface area contributed by atoms with E-state index in [0.29, 0.717) is 5.92 Å². The number of amides is 1. The molecule has 0 radical (unpaired) electrons. The summed E-state index contributed by atoms with van der Waals surface area (Å²) in [6.07, 6.45) is 5.04. The average molecular weight is 295 g/mol. The standard InChI is InChI=1S/C16H22N2O.ClH/c19-16(18-10-12-3-4-12)14-7-5-13(6-8-14)15-2-1-9-17-11-15;/h5-8,12,15,17H,1-4,9-11H2,(H,18,19);1H. The van der Waals surface area contributed by atoms with E-state index in [2.05, 4.69) is 22.8 Å². The summed E-state index contributed by atoms with van der Waals surface area (Å²) in [6.45, 7) is 3.04. The summed E-state index contributed by atoms with van der Waals surface area (Å²) in [5.74, 6) is 1.41. The minimum Gasteiger partial charge on any atom is -0.352 e. The zero-order valence-corrected chi connectivity index (χ0v) is 12.5. The fraction of sp³-hybridized carbons (Fsp3) is 0.562. The molecule has 1 aliphatic carbocycles. The Morgan fingerprint density at radius 1 is 1.20 bits per heavy atom. The molecule has 1 aliphatic heterocycles. The van der Waals surface area contributed by atoms with Gasteiger partial charge in [-0.25, -0.2) is 0 Å². The van der Waals surface area contributed by atoms with E-state index in [1.807, 2.05) is 12.1 Å². The molecule has 2 aliphatic rings. The average Bonchev–Trinajstić information content (AvgIpc) is 3.30. The van der Waals surface area contributed by atoms with Crippen LogP contribution in [0, 0.1) is 5.92 Å². The van der Waals surface area contributed by atoms with Crippen molar-refractivity contribution in [3.63, 3.8) is 0 Å². The van der Waals surface area contributed by atoms with E-state index < -0.39 is 0 Å². The molecule has 20 heavy (non-hydrogen) atoms. The van der Waals surface area contributed by atoms with Crippen LogP contribution in [0.1, 0.15) is 47.5 Å². The Bertz CT molecular complexity index is 436. The molecule has 1 saturated heterocycles. The Kier molecular flexibility index (Phi) is 5.44. The van der Waals surface area contributed by atoms with Crippen molar-refractivity contribution in [3.05, 3.63) is 35.4 Å². The molecule has 2 fully saturated rings. The summed E-state index contributed by atoms with van der Waals surface area (Å²) < 4.78 is 0. The number of hydrogen-bond acceptors (Lipinski definition) is 2. The number of hydrogen-bond donors (Lipinski definition) is 2. The molecular formula is C16H23ClN2O. The molecule has 1 aromatic rings. The number of piperidine rings is 1. The van der Waals surface area contributed by atoms with Crippen molar-refractivity contribution < 1.29 is 4.79 Å². The van der Waals surface area contributed by atoms with Crippen molar-refractivity contribution in [1.82, 2.24) is 10.6 Å². The minimum absolute atomic E-state index is 0. The smallest absolute Gasteiger partial charge is 0.251 e. The number of benzene rings is 1. The van der Waals surface area contributed by atoms with Gasteiger partial charge in [-0.05, 0) is 61.8 Å². The summed E-state index contributed by atoms with van der Waals surface area (Å²) in [5, 5.41) is 6.44. The molecule has 0 aromatic heterocycles. The molecule has 3 nitrogen and oxygen atoms in total. The van der Waals surface area contributed by atoms with Crippen LogP contribution in [0.3, 0.4) is 0 Å². The van der Waals surface area contributed by atoms with Gasteiger partial charge < -0.3 is 10.6 Å². The maximum absolute atomic E-state index is 11.9. The van der Waals surface area contributed by atoms with Gasteiger partial charge in [0.05, 0.1) is 0 Å². The Morgan fingerprint density at radius 2 is 1.95 bits per heavy atom. The summed E-state index contributed by atoms with van der Waals surface area (Å²) >= 11 is 0. The van der Waals surface area contributed by atoms with Gasteiger partial charge in [-0.3, -0.25) is 4.79 Å². The minimum atomic E-state index is 0. The highest BCUT2D eigenvalue weighted by Gasteiger charge is 2.22. The van der Waals surface area contributed by atoms with Gasteiger partial charge >= 0.3 is 0 Å². The van der Waals surface area contributed by atoms with Gasteiger partial charge in [0.15, 0.2) is 0 Å². The quantitative estimate of drug-likeness (QED) is 0.896. The van der Waals surface area contributed by atoms with E-state index >= 15 is 0 Å². The molecular weight excluding hydrogens is 272 g/mol. The van der Waals surface area contributed by atoms with Gasteiger partial charge in [-0.1, -0.05) is 12.1 Å². The number of halogens is 1. The molecule has 1 heterocycles. The molecule has 110 valence electrons. The Balaban J connectivity index is 0.00000147. The molecule has 0 spiro atoms. The van der Waals surface area contributed by atoms with Crippen LogP contribution in [0.2, 0.25) is 0 Å². The van der Waals surface area contributed by atoms with E-state index in [1.165, 1.54) is 31.2 Å². The summed E-state index contributed by atoms with van der Waals surface area (Å²) in [5.41, 5.74) is 2.14. The third-order valence-electron chi connectivity index (χ3n) is 4.19. The number of nitrogens with one attached hydrogen (secondary N) is 2. The normalized spacial score (nSPS) is 21.9. The maximum atomic E-state index is 11.9. The summed E-state index contributed by atoms with van der Waals surface area (Å²) in [6, 6.07) is 8.16. The highest BCUT2D eigenvalue weighted by molar-refractivity contribution is 5.94. The molecule has 1 unspecified atom stereocenters. The molecule has 1 atom stereocenters. The topological polar surface area (TPSA) is 41.1 Å². The monoisotopic (exact) mass is 294 g/mol. The van der Waals surface area contributed by atoms with Crippen LogP contribution < -0.4 is 10.6 Å². The van der Waals surface area contributed by atoms with Crippen molar-refractivity contribution in [1.29, 1.82) is 0 Å². The number of rotatable bonds is 4. The largest absolute Gasteiger partial charge is 0.352 e. The van der Waals surface area contributed by atoms with Crippen LogP contribution in [-0.2, 0) is 0 Å². The van der Waals surface area contributed by atoms with Gasteiger partial charge in [0.2, 0.25) is 0 Å². The second-order valence-corrected chi connectivity index (χ2v) is 5.82. The van der Waals surface area contributed by atoms with Crippen LogP contribution in [0.4, 0.5) is 0 Å². The van der Waals surface area contributed by atoms with Crippen LogP contribution in [0.25, 0.3) is 0 Å². The lowest BCUT2D eigenvalue weighted by Gasteiger charge is -2.23. The molecule has 1 amide bonds. The van der Waals surface area contributed by atoms with Crippen molar-refractivity contribution in [2.45, 2.75) is 31.6 Å². The first kappa shape index (κ1) is 15.3. The fourth-order valence-corrected chi connectivity index (χ4v) is 2.70. The second kappa shape index (κ2) is 7.09. The van der Waals surface area contributed by atoms with E-state index in [4.69, 9.17) is 0 Å². The van der Waals surface area contributed by atoms with Gasteiger partial charge in [-0.15, -0.1) is 12.4 Å². The highest BCUT2D eigenvalue weighted by atomic mass is 35.5. The first-order valence-corrected chi connectivity index (χ1v) is 7.42. The molecule has 0 bridgehead atoms. The van der Waals surface area contributed by atoms with Crippen LogP contribution in [-0.4, -0.2) is 25.5 Å². The van der Waals surface area contributed by atoms with Crippen LogP contribution >= 0.6 is 12.4 Å². The van der Waals surface area contributed by atoms with Crippen molar-refractivity contribution in [3.8, 4) is 0 Å². The second-order valence-electron chi connectivity index (χ2n) is 5.82. The van der Waals surface area contributed by atoms with Gasteiger partial charge in [0, 0.05) is 18.7 Å². The third-order valence-corrected chi connectivity index (χ3v) is 4.19. The molecule has 1 saturated carbocycles. The zero-order valence-electron chi connectivity index (χ0n) is 11.7. The van der Waals surface area contributed by atoms with Crippen molar-refractivity contribution in [2.75, 3.05) is 19.6 Å². The van der Waals surface area contributed by atoms with Crippen molar-refractivity contribution in [2.24, 2.45) is 5.92 Å². The SMILES string of the molecule is Cl.O=C(NCC1CC1)c1ccc(C2CCCNC2)cc1. The highest BCUT2D eigenvalue weighted by Crippen LogP contribution is 2.27. The predicted molar refractivity (Wildman–Crippen MR) is 83.6 cm³/mol. The number of carbonyl (C=O) groups is 1. The zero-order chi connectivity index (χ0) is 13.1. The molecule has 1 aromatic carbocycles. The number of carbonyl (C=O) groups excluding carboxylic acids is 1. The van der Waals surface area contributed by atoms with E-state index in [9.17, 15) is 4.79 Å². The Hall–Kier alpha value is -1.06. The molecule has 3 rings (SSSR count). The van der Waals surface area contributed by atoms with Gasteiger partial charge in [0.1, 0.15) is 0 Å². The lowest BCUT2D eigenvalue weighted by molar-refractivity contribution is 0.0952. The van der Waals surface area contributed by atoms with E-state index in [-0.39, 0.29) is 18.3 Å². The summed E-state index contributed by atoms with van der Waals surface area (Å²) in [7, 11) is 0. The van der Waals surface area contributed by atoms with Crippen LogP contribution in [0.5, 0.6) is 0 Å². The lowest BCUT2D eigenvalue weighted by Crippen LogP contribution is -2.28.